The summed E-state index contributed by atoms with van der Waals surface area (Å²) in [6, 6.07) is 8.18. The third-order valence-electron chi connectivity index (χ3n) is 4.12. The van der Waals surface area contributed by atoms with Gasteiger partial charge in [0.15, 0.2) is 0 Å². The number of fused-ring (bicyclic) bond motifs is 1. The lowest BCUT2D eigenvalue weighted by Gasteiger charge is -2.31. The molecule has 7 nitrogen and oxygen atoms in total. The fourth-order valence-corrected chi connectivity index (χ4v) is 4.05. The third kappa shape index (κ3) is 2.94. The standard InChI is InChI=1S/C15H16N6OS/c22-14(9-21-10-16-18-19-21)20-7-3-4-11(8-20)15-17-12-5-1-2-6-13(12)23-15/h1-2,5-6,10-11H,3-4,7-9H2/t11-/m0/s1. The fraction of sp³-hybridized carbons (Fsp3) is 0.400. The molecule has 8 heteroatoms. The third-order valence-corrected chi connectivity index (χ3v) is 5.32. The van der Waals surface area contributed by atoms with Crippen molar-refractivity contribution in [3.8, 4) is 0 Å². The lowest BCUT2D eigenvalue weighted by molar-refractivity contribution is -0.133. The minimum atomic E-state index is 0.0584. The summed E-state index contributed by atoms with van der Waals surface area (Å²) >= 11 is 1.74. The number of carbonyl (C=O) groups excluding carboxylic acids is 1. The molecule has 118 valence electrons. The van der Waals surface area contributed by atoms with Crippen molar-refractivity contribution in [2.24, 2.45) is 0 Å². The van der Waals surface area contributed by atoms with Gasteiger partial charge < -0.3 is 4.90 Å². The predicted molar refractivity (Wildman–Crippen MR) is 86.0 cm³/mol. The highest BCUT2D eigenvalue weighted by Crippen LogP contribution is 2.32. The average molecular weight is 328 g/mol. The van der Waals surface area contributed by atoms with E-state index < -0.39 is 0 Å². The molecule has 3 aromatic rings. The minimum absolute atomic E-state index is 0.0584. The number of nitrogens with zero attached hydrogens (tertiary/aromatic N) is 6. The number of aromatic nitrogens is 5. The maximum Gasteiger partial charge on any atom is 0.244 e. The predicted octanol–water partition coefficient (Wildman–Crippen LogP) is 1.69. The van der Waals surface area contributed by atoms with Gasteiger partial charge in [0.2, 0.25) is 5.91 Å². The molecule has 0 radical (unpaired) electrons. The van der Waals surface area contributed by atoms with Crippen LogP contribution in [0.1, 0.15) is 23.8 Å². The van der Waals surface area contributed by atoms with Crippen LogP contribution in [0.25, 0.3) is 10.2 Å². The highest BCUT2D eigenvalue weighted by molar-refractivity contribution is 7.18. The van der Waals surface area contributed by atoms with Crippen LogP contribution in [0.2, 0.25) is 0 Å². The van der Waals surface area contributed by atoms with E-state index in [1.54, 1.807) is 11.3 Å². The summed E-state index contributed by atoms with van der Waals surface area (Å²) in [6.45, 7) is 1.71. The van der Waals surface area contributed by atoms with E-state index in [-0.39, 0.29) is 12.5 Å². The van der Waals surface area contributed by atoms with Crippen molar-refractivity contribution >= 4 is 27.5 Å². The second kappa shape index (κ2) is 6.04. The maximum atomic E-state index is 12.4. The molecule has 0 unspecified atom stereocenters. The lowest BCUT2D eigenvalue weighted by Crippen LogP contribution is -2.40. The van der Waals surface area contributed by atoms with E-state index in [0.29, 0.717) is 5.92 Å². The Hall–Kier alpha value is -2.35. The maximum absolute atomic E-state index is 12.4. The Bertz CT molecular complexity index is 781. The highest BCUT2D eigenvalue weighted by atomic mass is 32.1. The second-order valence-corrected chi connectivity index (χ2v) is 6.77. The summed E-state index contributed by atoms with van der Waals surface area (Å²) in [4.78, 5) is 19.1. The molecular weight excluding hydrogens is 312 g/mol. The Morgan fingerprint density at radius 2 is 2.26 bits per heavy atom. The van der Waals surface area contributed by atoms with Crippen molar-refractivity contribution in [1.29, 1.82) is 0 Å². The number of carbonyl (C=O) groups is 1. The molecule has 0 bridgehead atoms. The molecule has 0 spiro atoms. The summed E-state index contributed by atoms with van der Waals surface area (Å²) < 4.78 is 2.67. The molecular formula is C15H16N6OS. The number of hydrogen-bond acceptors (Lipinski definition) is 6. The summed E-state index contributed by atoms with van der Waals surface area (Å²) in [5.74, 6) is 0.377. The van der Waals surface area contributed by atoms with Crippen LogP contribution < -0.4 is 0 Å². The Morgan fingerprint density at radius 1 is 1.35 bits per heavy atom. The molecule has 1 aliphatic rings. The molecule has 1 saturated heterocycles. The van der Waals surface area contributed by atoms with Crippen LogP contribution >= 0.6 is 11.3 Å². The van der Waals surface area contributed by atoms with Crippen LogP contribution in [0.3, 0.4) is 0 Å². The van der Waals surface area contributed by atoms with Crippen molar-refractivity contribution in [3.05, 3.63) is 35.6 Å². The van der Waals surface area contributed by atoms with Gasteiger partial charge in [-0.15, -0.1) is 16.4 Å². The number of tetrazole rings is 1. The zero-order valence-electron chi connectivity index (χ0n) is 12.5. The summed E-state index contributed by atoms with van der Waals surface area (Å²) in [6.07, 6.45) is 3.54. The van der Waals surface area contributed by atoms with Crippen LogP contribution in [0, 0.1) is 0 Å². The molecule has 1 aromatic carbocycles. The van der Waals surface area contributed by atoms with Gasteiger partial charge in [0.05, 0.1) is 15.2 Å². The largest absolute Gasteiger partial charge is 0.340 e. The molecule has 1 atom stereocenters. The number of benzene rings is 1. The van der Waals surface area contributed by atoms with Crippen LogP contribution in [-0.4, -0.2) is 49.1 Å². The summed E-state index contributed by atoms with van der Waals surface area (Å²) in [5.41, 5.74) is 1.05. The number of amides is 1. The molecule has 2 aromatic heterocycles. The first kappa shape index (κ1) is 14.3. The van der Waals surface area contributed by atoms with Crippen molar-refractivity contribution in [1.82, 2.24) is 30.1 Å². The number of likely N-dealkylation sites (tertiary alicyclic amines) is 1. The van der Waals surface area contributed by atoms with Gasteiger partial charge in [0.25, 0.3) is 0 Å². The van der Waals surface area contributed by atoms with Gasteiger partial charge in [0, 0.05) is 19.0 Å². The van der Waals surface area contributed by atoms with E-state index in [4.69, 9.17) is 4.98 Å². The quantitative estimate of drug-likeness (QED) is 0.731. The zero-order chi connectivity index (χ0) is 15.6. The lowest BCUT2D eigenvalue weighted by atomic mass is 9.98. The molecule has 4 rings (SSSR count). The Labute approximate surface area is 136 Å². The first-order valence-corrected chi connectivity index (χ1v) is 8.45. The van der Waals surface area contributed by atoms with E-state index in [1.165, 1.54) is 15.7 Å². The molecule has 0 aliphatic carbocycles. The first-order valence-electron chi connectivity index (χ1n) is 7.63. The van der Waals surface area contributed by atoms with E-state index >= 15 is 0 Å². The van der Waals surface area contributed by atoms with Crippen molar-refractivity contribution in [2.45, 2.75) is 25.3 Å². The van der Waals surface area contributed by atoms with Crippen LogP contribution in [0.4, 0.5) is 0 Å². The van der Waals surface area contributed by atoms with Gasteiger partial charge >= 0.3 is 0 Å². The van der Waals surface area contributed by atoms with Crippen LogP contribution in [0.15, 0.2) is 30.6 Å². The van der Waals surface area contributed by atoms with Crippen LogP contribution in [0.5, 0.6) is 0 Å². The molecule has 1 aliphatic heterocycles. The smallest absolute Gasteiger partial charge is 0.244 e. The Kier molecular flexibility index (Phi) is 3.74. The second-order valence-electron chi connectivity index (χ2n) is 5.71. The van der Waals surface area contributed by atoms with Gasteiger partial charge in [-0.2, -0.15) is 0 Å². The minimum Gasteiger partial charge on any atom is -0.340 e. The number of para-hydroxylation sites is 1. The Balaban J connectivity index is 1.49. The molecule has 1 fully saturated rings. The molecule has 3 heterocycles. The molecule has 0 N–H and O–H groups in total. The normalized spacial score (nSPS) is 18.4. The van der Waals surface area contributed by atoms with Gasteiger partial charge in [-0.3, -0.25) is 4.79 Å². The molecule has 23 heavy (non-hydrogen) atoms. The topological polar surface area (TPSA) is 76.8 Å². The van der Waals surface area contributed by atoms with Crippen LogP contribution in [-0.2, 0) is 11.3 Å². The van der Waals surface area contributed by atoms with Gasteiger partial charge in [-0.25, -0.2) is 9.67 Å². The number of hydrogen-bond donors (Lipinski definition) is 0. The summed E-state index contributed by atoms with van der Waals surface area (Å²) in [5, 5.41) is 12.0. The molecule has 0 saturated carbocycles. The van der Waals surface area contributed by atoms with E-state index in [1.807, 2.05) is 23.1 Å². The van der Waals surface area contributed by atoms with Crippen molar-refractivity contribution in [2.75, 3.05) is 13.1 Å². The molecule has 1 amide bonds. The van der Waals surface area contributed by atoms with Crippen molar-refractivity contribution in [3.63, 3.8) is 0 Å². The fourth-order valence-electron chi connectivity index (χ4n) is 2.96. The van der Waals surface area contributed by atoms with E-state index in [2.05, 4.69) is 21.6 Å². The van der Waals surface area contributed by atoms with E-state index in [9.17, 15) is 4.79 Å². The monoisotopic (exact) mass is 328 g/mol. The van der Waals surface area contributed by atoms with Gasteiger partial charge in [-0.1, -0.05) is 12.1 Å². The van der Waals surface area contributed by atoms with Gasteiger partial charge in [-0.05, 0) is 35.4 Å². The van der Waals surface area contributed by atoms with Crippen molar-refractivity contribution < 1.29 is 4.79 Å². The number of thiazole rings is 1. The Morgan fingerprint density at radius 3 is 3.09 bits per heavy atom. The summed E-state index contributed by atoms with van der Waals surface area (Å²) in [7, 11) is 0. The average Bonchev–Trinajstić information content (AvgIpc) is 3.24. The number of piperidine rings is 1. The SMILES string of the molecule is O=C(Cn1cnnn1)N1CCC[C@H](c2nc3ccccc3s2)C1. The number of rotatable bonds is 3. The van der Waals surface area contributed by atoms with Gasteiger partial charge in [0.1, 0.15) is 12.9 Å². The zero-order valence-corrected chi connectivity index (χ0v) is 13.3. The van der Waals surface area contributed by atoms with E-state index in [0.717, 1.165) is 36.5 Å². The first-order chi connectivity index (χ1) is 11.3. The highest BCUT2D eigenvalue weighted by Gasteiger charge is 2.27.